The minimum Gasteiger partial charge on any atom is -0.467 e. The Hall–Kier alpha value is -1.19. The Morgan fingerprint density at radius 3 is 2.29 bits per heavy atom. The Balaban J connectivity index is 2.04. The quantitative estimate of drug-likeness (QED) is 0.471. The van der Waals surface area contributed by atoms with E-state index in [9.17, 15) is 18.0 Å². The number of amides is 1. The third kappa shape index (κ3) is 3.57. The summed E-state index contributed by atoms with van der Waals surface area (Å²) >= 11 is 0. The molecule has 0 saturated carbocycles. The summed E-state index contributed by atoms with van der Waals surface area (Å²) in [7, 11) is 1.27. The lowest BCUT2D eigenvalue weighted by Gasteiger charge is -2.30. The average molecular weight is 361 g/mol. The maximum atomic E-state index is 12.7. The molecule has 8 nitrogen and oxygen atoms in total. The summed E-state index contributed by atoms with van der Waals surface area (Å²) in [5.41, 5.74) is 0. The summed E-state index contributed by atoms with van der Waals surface area (Å²) in [5, 5.41) is -0.456. The van der Waals surface area contributed by atoms with Gasteiger partial charge in [-0.25, -0.2) is 13.2 Å². The Labute approximate surface area is 143 Å². The maximum Gasteiger partial charge on any atom is 0.328 e. The monoisotopic (exact) mass is 361 g/mol. The lowest BCUT2D eigenvalue weighted by Crippen LogP contribution is -2.49. The van der Waals surface area contributed by atoms with Crippen LogP contribution in [0.3, 0.4) is 0 Å². The van der Waals surface area contributed by atoms with Gasteiger partial charge in [0.15, 0.2) is 0 Å². The van der Waals surface area contributed by atoms with Crippen molar-refractivity contribution in [3.05, 3.63) is 0 Å². The maximum absolute atomic E-state index is 12.7. The zero-order valence-corrected chi connectivity index (χ0v) is 15.7. The van der Waals surface area contributed by atoms with Gasteiger partial charge in [0.05, 0.1) is 13.0 Å². The highest BCUT2D eigenvalue weighted by Gasteiger charge is 2.48. The van der Waals surface area contributed by atoms with Crippen molar-refractivity contribution in [2.45, 2.75) is 31.7 Å². The van der Waals surface area contributed by atoms with Crippen molar-refractivity contribution in [3.63, 3.8) is 0 Å². The number of hydrogen-bond donors (Lipinski definition) is 0. The molecule has 2 fully saturated rings. The molecule has 0 N–H and O–H groups in total. The number of methoxy groups -OCH3 is 1. The second kappa shape index (κ2) is 6.97. The molecular formula is C15H27N3O5S. The first-order valence-corrected chi connectivity index (χ1v) is 9.65. The number of esters is 1. The Kier molecular flexibility index (Phi) is 5.56. The van der Waals surface area contributed by atoms with Gasteiger partial charge in [-0.05, 0) is 19.4 Å². The number of carbonyl (C=O) groups excluding carboxylic acids is 2. The fraction of sp³-hybridized carbons (Fsp3) is 0.867. The third-order valence-electron chi connectivity index (χ3n) is 4.85. The number of sulfonamides is 1. The number of rotatable bonds is 6. The van der Waals surface area contributed by atoms with E-state index in [1.54, 1.807) is 19.0 Å². The highest BCUT2D eigenvalue weighted by Crippen LogP contribution is 2.29. The van der Waals surface area contributed by atoms with Gasteiger partial charge < -0.3 is 9.64 Å². The lowest BCUT2D eigenvalue weighted by atomic mass is 10.00. The topological polar surface area (TPSA) is 87.0 Å². The molecule has 9 heteroatoms. The molecule has 0 spiro atoms. The normalized spacial score (nSPS) is 28.7. The predicted molar refractivity (Wildman–Crippen MR) is 88.4 cm³/mol. The van der Waals surface area contributed by atoms with Crippen molar-refractivity contribution < 1.29 is 22.7 Å². The molecule has 2 aliphatic rings. The number of ether oxygens (including phenoxy) is 1. The zero-order valence-electron chi connectivity index (χ0n) is 14.9. The summed E-state index contributed by atoms with van der Waals surface area (Å²) in [6, 6.07) is -0.664. The van der Waals surface area contributed by atoms with Crippen LogP contribution in [0.5, 0.6) is 0 Å². The Morgan fingerprint density at radius 1 is 1.25 bits per heavy atom. The summed E-state index contributed by atoms with van der Waals surface area (Å²) in [4.78, 5) is 27.8. The third-order valence-corrected chi connectivity index (χ3v) is 7.09. The first kappa shape index (κ1) is 19.1. The minimum absolute atomic E-state index is 0.0900. The van der Waals surface area contributed by atoms with Gasteiger partial charge in [-0.15, -0.1) is 0 Å². The van der Waals surface area contributed by atoms with Gasteiger partial charge in [-0.1, -0.05) is 13.8 Å². The molecule has 0 aromatic heterocycles. The largest absolute Gasteiger partial charge is 0.467 e. The van der Waals surface area contributed by atoms with Gasteiger partial charge in [0.1, 0.15) is 11.4 Å². The number of hydrogen-bond acceptors (Lipinski definition) is 6. The molecule has 2 aliphatic heterocycles. The first-order valence-electron chi connectivity index (χ1n) is 8.15. The van der Waals surface area contributed by atoms with Crippen LogP contribution in [0.4, 0.5) is 0 Å². The molecule has 0 bridgehead atoms. The van der Waals surface area contributed by atoms with Crippen LogP contribution in [0.25, 0.3) is 0 Å². The smallest absolute Gasteiger partial charge is 0.328 e. The number of likely N-dealkylation sites (N-methyl/N-ethyl adjacent to an activating group) is 2. The lowest BCUT2D eigenvalue weighted by molar-refractivity contribution is -0.155. The summed E-state index contributed by atoms with van der Waals surface area (Å²) < 4.78 is 31.0. The highest BCUT2D eigenvalue weighted by atomic mass is 32.2. The number of carbonyl (C=O) groups is 2. The van der Waals surface area contributed by atoms with E-state index in [1.165, 1.54) is 16.3 Å². The predicted octanol–water partition coefficient (Wildman–Crippen LogP) is -0.434. The van der Waals surface area contributed by atoms with E-state index >= 15 is 0 Å². The van der Waals surface area contributed by atoms with Crippen molar-refractivity contribution in [1.29, 1.82) is 0 Å². The highest BCUT2D eigenvalue weighted by molar-refractivity contribution is 7.90. The second-order valence-corrected chi connectivity index (χ2v) is 9.03. The molecule has 0 aliphatic carbocycles. The van der Waals surface area contributed by atoms with Crippen molar-refractivity contribution in [2.75, 3.05) is 40.8 Å². The summed E-state index contributed by atoms with van der Waals surface area (Å²) in [6.45, 7) is 4.76. The molecule has 138 valence electrons. The first-order chi connectivity index (χ1) is 11.1. The number of nitrogens with zero attached hydrogens (tertiary/aromatic N) is 3. The molecule has 2 rings (SSSR count). The van der Waals surface area contributed by atoms with E-state index in [0.717, 1.165) is 0 Å². The van der Waals surface area contributed by atoms with E-state index in [0.29, 0.717) is 19.5 Å². The minimum atomic E-state index is -3.37. The molecule has 2 unspecified atom stereocenters. The summed E-state index contributed by atoms with van der Waals surface area (Å²) in [5.74, 6) is -1.17. The molecular weight excluding hydrogens is 334 g/mol. The second-order valence-electron chi connectivity index (χ2n) is 6.94. The van der Waals surface area contributed by atoms with E-state index in [4.69, 9.17) is 4.74 Å². The fourth-order valence-corrected chi connectivity index (χ4v) is 5.25. The molecule has 2 saturated heterocycles. The van der Waals surface area contributed by atoms with Crippen LogP contribution >= 0.6 is 0 Å². The van der Waals surface area contributed by atoms with Crippen LogP contribution in [0, 0.1) is 11.8 Å². The van der Waals surface area contributed by atoms with Crippen molar-refractivity contribution in [2.24, 2.45) is 11.8 Å². The van der Waals surface area contributed by atoms with Crippen LogP contribution in [0.2, 0.25) is 0 Å². The van der Waals surface area contributed by atoms with Gasteiger partial charge in [0.25, 0.3) is 0 Å². The van der Waals surface area contributed by atoms with Gasteiger partial charge in [0.2, 0.25) is 15.9 Å². The van der Waals surface area contributed by atoms with Crippen LogP contribution < -0.4 is 0 Å². The van der Waals surface area contributed by atoms with E-state index in [-0.39, 0.29) is 18.4 Å². The molecule has 0 aromatic carbocycles. The molecule has 4 atom stereocenters. The van der Waals surface area contributed by atoms with Gasteiger partial charge in [-0.3, -0.25) is 9.69 Å². The molecule has 0 aromatic rings. The molecule has 0 radical (unpaired) electrons. The van der Waals surface area contributed by atoms with E-state index in [2.05, 4.69) is 0 Å². The summed E-state index contributed by atoms with van der Waals surface area (Å²) in [6.07, 6.45) is 0.477. The van der Waals surface area contributed by atoms with Crippen LogP contribution in [0.1, 0.15) is 20.3 Å². The van der Waals surface area contributed by atoms with E-state index in [1.807, 2.05) is 13.8 Å². The molecule has 1 amide bonds. The van der Waals surface area contributed by atoms with Crippen molar-refractivity contribution >= 4 is 21.9 Å². The van der Waals surface area contributed by atoms with Crippen LogP contribution in [-0.4, -0.2) is 86.7 Å². The zero-order chi connectivity index (χ0) is 18.2. The average Bonchev–Trinajstić information content (AvgIpc) is 3.06. The Morgan fingerprint density at radius 2 is 1.83 bits per heavy atom. The van der Waals surface area contributed by atoms with Crippen molar-refractivity contribution in [1.82, 2.24) is 14.1 Å². The van der Waals surface area contributed by atoms with E-state index < -0.39 is 33.3 Å². The standard InChI is InChI=1S/C15H27N3O5S/c1-10(2)13(15(20)23-5)17(4)14(19)11-6-7-18(8-11)24(21,22)12-9-16(12)3/h10-13H,6-9H2,1-5H3/t11-,12?,13?,16+/m0/s1. The van der Waals surface area contributed by atoms with Crippen LogP contribution in [-0.2, 0) is 24.3 Å². The van der Waals surface area contributed by atoms with Gasteiger partial charge >= 0.3 is 5.97 Å². The molecule has 2 heterocycles. The van der Waals surface area contributed by atoms with Gasteiger partial charge in [0, 0.05) is 26.7 Å². The van der Waals surface area contributed by atoms with Gasteiger partial charge in [-0.2, -0.15) is 4.31 Å². The van der Waals surface area contributed by atoms with Crippen molar-refractivity contribution in [3.8, 4) is 0 Å². The van der Waals surface area contributed by atoms with Crippen LogP contribution in [0.15, 0.2) is 0 Å². The molecule has 24 heavy (non-hydrogen) atoms. The fourth-order valence-electron chi connectivity index (χ4n) is 3.28. The SMILES string of the molecule is COC(=O)C(C(C)C)N(C)C(=O)[C@H]1CCN(S(=O)(=O)C2C[N@@]2C)C1. The Bertz CT molecular complexity index is 606.